The van der Waals surface area contributed by atoms with E-state index in [0.29, 0.717) is 12.5 Å². The number of amides is 1. The molecule has 1 atom stereocenters. The van der Waals surface area contributed by atoms with Gasteiger partial charge in [0.15, 0.2) is 0 Å². The number of unbranched alkanes of at least 4 members (excludes halogenated alkanes) is 2. The van der Waals surface area contributed by atoms with Crippen molar-refractivity contribution in [1.82, 2.24) is 5.32 Å². The quantitative estimate of drug-likeness (QED) is 0.546. The summed E-state index contributed by atoms with van der Waals surface area (Å²) in [5.74, 6) is 0.196. The number of alkyl halides is 1. The van der Waals surface area contributed by atoms with E-state index in [-0.39, 0.29) is 5.91 Å². The van der Waals surface area contributed by atoms with Crippen LogP contribution >= 0.6 is 15.9 Å². The summed E-state index contributed by atoms with van der Waals surface area (Å²) in [6.07, 6.45) is 5.02. The highest BCUT2D eigenvalue weighted by atomic mass is 79.9. The first-order chi connectivity index (χ1) is 6.20. The van der Waals surface area contributed by atoms with Crippen LogP contribution in [0.5, 0.6) is 0 Å². The van der Waals surface area contributed by atoms with Crippen LogP contribution in [0.4, 0.5) is 0 Å². The van der Waals surface area contributed by atoms with Gasteiger partial charge in [0.2, 0.25) is 5.91 Å². The Bertz CT molecular complexity index is 139. The second-order valence-corrected chi connectivity index (χ2v) is 4.20. The highest BCUT2D eigenvalue weighted by Gasteiger charge is 2.05. The third-order valence-electron chi connectivity index (χ3n) is 1.96. The fourth-order valence-corrected chi connectivity index (χ4v) is 1.81. The Morgan fingerprint density at radius 1 is 1.46 bits per heavy atom. The van der Waals surface area contributed by atoms with Crippen LogP contribution in [-0.4, -0.2) is 17.3 Å². The molecule has 0 fully saturated rings. The Kier molecular flexibility index (Phi) is 8.51. The van der Waals surface area contributed by atoms with Crippen LogP contribution in [0.25, 0.3) is 0 Å². The summed E-state index contributed by atoms with van der Waals surface area (Å²) >= 11 is 3.35. The Morgan fingerprint density at radius 2 is 2.15 bits per heavy atom. The first-order valence-electron chi connectivity index (χ1n) is 5.06. The maximum absolute atomic E-state index is 11.3. The molecular formula is C10H20BrNO. The number of hydrogen-bond donors (Lipinski definition) is 1. The predicted molar refractivity (Wildman–Crippen MR) is 60.2 cm³/mol. The van der Waals surface area contributed by atoms with Gasteiger partial charge in [0.05, 0.1) is 0 Å². The van der Waals surface area contributed by atoms with Crippen molar-refractivity contribution < 1.29 is 4.79 Å². The van der Waals surface area contributed by atoms with Crippen LogP contribution in [-0.2, 0) is 4.79 Å². The molecule has 0 heterocycles. The molecule has 0 aromatic rings. The third-order valence-corrected chi connectivity index (χ3v) is 2.41. The molecule has 0 spiro atoms. The van der Waals surface area contributed by atoms with E-state index >= 15 is 0 Å². The molecule has 0 radical (unpaired) electrons. The molecule has 3 heteroatoms. The van der Waals surface area contributed by atoms with Crippen LogP contribution in [0.1, 0.15) is 46.0 Å². The second kappa shape index (κ2) is 8.54. The van der Waals surface area contributed by atoms with E-state index in [1.165, 1.54) is 6.42 Å². The molecule has 1 amide bonds. The number of hydrogen-bond acceptors (Lipinski definition) is 1. The lowest BCUT2D eigenvalue weighted by molar-refractivity contribution is -0.121. The molecule has 13 heavy (non-hydrogen) atoms. The maximum Gasteiger partial charge on any atom is 0.220 e. The molecule has 78 valence electrons. The summed E-state index contributed by atoms with van der Waals surface area (Å²) in [5, 5.41) is 3.92. The number of carbonyl (C=O) groups is 1. The lowest BCUT2D eigenvalue weighted by Gasteiger charge is -2.11. The monoisotopic (exact) mass is 249 g/mol. The van der Waals surface area contributed by atoms with E-state index < -0.39 is 0 Å². The number of nitrogens with one attached hydrogen (secondary N) is 1. The number of carbonyl (C=O) groups excluding carboxylic acids is 1. The fraction of sp³-hybridized carbons (Fsp3) is 0.900. The van der Waals surface area contributed by atoms with Gasteiger partial charge in [-0.3, -0.25) is 4.79 Å². The van der Waals surface area contributed by atoms with Crippen LogP contribution in [0.3, 0.4) is 0 Å². The van der Waals surface area contributed by atoms with Crippen molar-refractivity contribution in [3.05, 3.63) is 0 Å². The molecule has 0 aliphatic rings. The minimum atomic E-state index is 0.196. The summed E-state index contributed by atoms with van der Waals surface area (Å²) < 4.78 is 0. The third kappa shape index (κ3) is 8.28. The molecule has 0 aromatic carbocycles. The van der Waals surface area contributed by atoms with Gasteiger partial charge in [0, 0.05) is 17.8 Å². The lowest BCUT2D eigenvalue weighted by atomic mass is 10.2. The van der Waals surface area contributed by atoms with Gasteiger partial charge in [-0.25, -0.2) is 0 Å². The Hall–Kier alpha value is -0.0500. The zero-order valence-electron chi connectivity index (χ0n) is 8.61. The van der Waals surface area contributed by atoms with Gasteiger partial charge in [0.1, 0.15) is 0 Å². The van der Waals surface area contributed by atoms with Crippen molar-refractivity contribution in [2.24, 2.45) is 0 Å². The van der Waals surface area contributed by atoms with Gasteiger partial charge in [-0.15, -0.1) is 0 Å². The number of rotatable bonds is 7. The molecular weight excluding hydrogens is 230 g/mol. The molecule has 1 unspecified atom stereocenters. The first-order valence-corrected chi connectivity index (χ1v) is 6.18. The molecule has 0 bridgehead atoms. The smallest absolute Gasteiger partial charge is 0.220 e. The summed E-state index contributed by atoms with van der Waals surface area (Å²) in [4.78, 5) is 11.3. The predicted octanol–water partition coefficient (Wildman–Crippen LogP) is 2.86. The number of halogens is 1. The van der Waals surface area contributed by atoms with E-state index in [0.717, 1.165) is 24.6 Å². The van der Waals surface area contributed by atoms with E-state index in [4.69, 9.17) is 0 Å². The zero-order chi connectivity index (χ0) is 10.1. The van der Waals surface area contributed by atoms with Crippen LogP contribution < -0.4 is 5.32 Å². The summed E-state index contributed by atoms with van der Waals surface area (Å²) in [6, 6.07) is 0.300. The summed E-state index contributed by atoms with van der Waals surface area (Å²) in [6.45, 7) is 4.18. The van der Waals surface area contributed by atoms with Gasteiger partial charge < -0.3 is 5.32 Å². The molecule has 2 nitrogen and oxygen atoms in total. The SMILES string of the molecule is CCCCCC(=O)NC(C)CCBr. The van der Waals surface area contributed by atoms with Crippen molar-refractivity contribution in [2.75, 3.05) is 5.33 Å². The Labute approximate surface area is 89.6 Å². The van der Waals surface area contributed by atoms with Gasteiger partial charge in [-0.1, -0.05) is 35.7 Å². The Morgan fingerprint density at radius 3 is 2.69 bits per heavy atom. The first kappa shape index (κ1) is 12.9. The molecule has 0 saturated carbocycles. The molecule has 0 rings (SSSR count). The minimum absolute atomic E-state index is 0.196. The maximum atomic E-state index is 11.3. The lowest BCUT2D eigenvalue weighted by Crippen LogP contribution is -2.32. The molecule has 0 saturated heterocycles. The molecule has 0 aliphatic heterocycles. The highest BCUT2D eigenvalue weighted by Crippen LogP contribution is 2.00. The van der Waals surface area contributed by atoms with Crippen LogP contribution in [0.15, 0.2) is 0 Å². The van der Waals surface area contributed by atoms with Gasteiger partial charge >= 0.3 is 0 Å². The topological polar surface area (TPSA) is 29.1 Å². The summed E-state index contributed by atoms with van der Waals surface area (Å²) in [7, 11) is 0. The normalized spacial score (nSPS) is 12.5. The van der Waals surface area contributed by atoms with Crippen molar-refractivity contribution in [2.45, 2.75) is 52.0 Å². The average molecular weight is 250 g/mol. The molecule has 0 aromatic heterocycles. The standard InChI is InChI=1S/C10H20BrNO/c1-3-4-5-6-10(13)12-9(2)7-8-11/h9H,3-8H2,1-2H3,(H,12,13). The second-order valence-electron chi connectivity index (χ2n) is 3.40. The van der Waals surface area contributed by atoms with Gasteiger partial charge in [-0.2, -0.15) is 0 Å². The zero-order valence-corrected chi connectivity index (χ0v) is 10.2. The van der Waals surface area contributed by atoms with Gasteiger partial charge in [0.25, 0.3) is 0 Å². The Balaban J connectivity index is 3.38. The molecule has 1 N–H and O–H groups in total. The van der Waals surface area contributed by atoms with Crippen molar-refractivity contribution in [3.8, 4) is 0 Å². The average Bonchev–Trinajstić information content (AvgIpc) is 2.05. The van der Waals surface area contributed by atoms with E-state index in [1.807, 2.05) is 6.92 Å². The fourth-order valence-electron chi connectivity index (χ4n) is 1.12. The van der Waals surface area contributed by atoms with Crippen LogP contribution in [0.2, 0.25) is 0 Å². The van der Waals surface area contributed by atoms with E-state index in [1.54, 1.807) is 0 Å². The van der Waals surface area contributed by atoms with E-state index in [9.17, 15) is 4.79 Å². The van der Waals surface area contributed by atoms with Crippen molar-refractivity contribution >= 4 is 21.8 Å². The van der Waals surface area contributed by atoms with Crippen LogP contribution in [0, 0.1) is 0 Å². The molecule has 0 aliphatic carbocycles. The van der Waals surface area contributed by atoms with Crippen molar-refractivity contribution in [3.63, 3.8) is 0 Å². The highest BCUT2D eigenvalue weighted by molar-refractivity contribution is 9.09. The summed E-state index contributed by atoms with van der Waals surface area (Å²) in [5.41, 5.74) is 0. The van der Waals surface area contributed by atoms with Crippen molar-refractivity contribution in [1.29, 1.82) is 0 Å². The largest absolute Gasteiger partial charge is 0.354 e. The minimum Gasteiger partial charge on any atom is -0.354 e. The van der Waals surface area contributed by atoms with E-state index in [2.05, 4.69) is 28.2 Å². The van der Waals surface area contributed by atoms with Gasteiger partial charge in [-0.05, 0) is 19.8 Å².